The maximum absolute atomic E-state index is 12.4. The van der Waals surface area contributed by atoms with Gasteiger partial charge in [-0.15, -0.1) is 0 Å². The Morgan fingerprint density at radius 2 is 2.11 bits per heavy atom. The van der Waals surface area contributed by atoms with Gasteiger partial charge in [0.2, 0.25) is 0 Å². The Morgan fingerprint density at radius 1 is 1.32 bits per heavy atom. The van der Waals surface area contributed by atoms with Gasteiger partial charge in [0.15, 0.2) is 11.5 Å². The molecule has 0 atom stereocenters. The van der Waals surface area contributed by atoms with Crippen LogP contribution in [0.3, 0.4) is 0 Å². The Morgan fingerprint density at radius 3 is 2.74 bits per heavy atom. The summed E-state index contributed by atoms with van der Waals surface area (Å²) >= 11 is 0. The summed E-state index contributed by atoms with van der Waals surface area (Å²) < 4.78 is 38.4. The molecular formula is C11H12F3N5. The van der Waals surface area contributed by atoms with Crippen LogP contribution in [0, 0.1) is 0 Å². The molecule has 0 saturated carbocycles. The molecule has 2 aromatic rings. The van der Waals surface area contributed by atoms with E-state index < -0.39 is 11.9 Å². The molecule has 2 aromatic heterocycles. The van der Waals surface area contributed by atoms with E-state index in [1.54, 1.807) is 6.07 Å². The first-order valence-electron chi connectivity index (χ1n) is 5.70. The van der Waals surface area contributed by atoms with Gasteiger partial charge in [0.05, 0.1) is 0 Å². The summed E-state index contributed by atoms with van der Waals surface area (Å²) in [6.45, 7) is 2.72. The van der Waals surface area contributed by atoms with Gasteiger partial charge >= 0.3 is 6.18 Å². The second kappa shape index (κ2) is 5.25. The van der Waals surface area contributed by atoms with Gasteiger partial charge in [0.1, 0.15) is 12.1 Å². The number of nitrogens with one attached hydrogen (secondary N) is 1. The van der Waals surface area contributed by atoms with Gasteiger partial charge in [-0.2, -0.15) is 18.3 Å². The van der Waals surface area contributed by atoms with E-state index in [0.29, 0.717) is 5.82 Å². The molecule has 0 aromatic carbocycles. The molecule has 0 saturated heterocycles. The summed E-state index contributed by atoms with van der Waals surface area (Å²) in [6.07, 6.45) is -1.04. The highest BCUT2D eigenvalue weighted by Gasteiger charge is 2.33. The summed E-state index contributed by atoms with van der Waals surface area (Å²) in [5, 5.41) is 6.47. The second-order valence-electron chi connectivity index (χ2n) is 3.83. The zero-order valence-electron chi connectivity index (χ0n) is 10.1. The fraction of sp³-hybridized carbons (Fsp3) is 0.364. The van der Waals surface area contributed by atoms with Gasteiger partial charge in [-0.25, -0.2) is 14.6 Å². The van der Waals surface area contributed by atoms with Crippen LogP contribution in [0.15, 0.2) is 24.7 Å². The van der Waals surface area contributed by atoms with Crippen molar-refractivity contribution in [1.82, 2.24) is 19.7 Å². The monoisotopic (exact) mass is 271 g/mol. The van der Waals surface area contributed by atoms with Crippen LogP contribution in [0.5, 0.6) is 0 Å². The maximum Gasteiger partial charge on any atom is 0.435 e. The average molecular weight is 271 g/mol. The normalized spacial score (nSPS) is 11.6. The molecule has 0 fully saturated rings. The number of alkyl halides is 3. The van der Waals surface area contributed by atoms with Crippen molar-refractivity contribution in [2.24, 2.45) is 0 Å². The predicted molar refractivity (Wildman–Crippen MR) is 62.9 cm³/mol. The lowest BCUT2D eigenvalue weighted by atomic mass is 10.4. The largest absolute Gasteiger partial charge is 0.435 e. The fourth-order valence-corrected chi connectivity index (χ4v) is 1.42. The van der Waals surface area contributed by atoms with Crippen molar-refractivity contribution in [1.29, 1.82) is 0 Å². The molecule has 0 aliphatic heterocycles. The molecule has 102 valence electrons. The minimum absolute atomic E-state index is 0.282. The molecule has 2 rings (SSSR count). The van der Waals surface area contributed by atoms with Gasteiger partial charge in [-0.3, -0.25) is 0 Å². The van der Waals surface area contributed by atoms with E-state index >= 15 is 0 Å². The molecule has 0 aliphatic carbocycles. The van der Waals surface area contributed by atoms with Crippen molar-refractivity contribution in [3.05, 3.63) is 30.4 Å². The van der Waals surface area contributed by atoms with E-state index in [-0.39, 0.29) is 5.82 Å². The van der Waals surface area contributed by atoms with Crippen molar-refractivity contribution >= 4 is 5.82 Å². The number of hydrogen-bond acceptors (Lipinski definition) is 4. The predicted octanol–water partition coefficient (Wildman–Crippen LogP) is 2.50. The first-order valence-corrected chi connectivity index (χ1v) is 5.70. The van der Waals surface area contributed by atoms with Crippen LogP contribution in [-0.2, 0) is 6.18 Å². The Hall–Kier alpha value is -2.12. The van der Waals surface area contributed by atoms with Crippen molar-refractivity contribution in [2.75, 3.05) is 11.9 Å². The molecule has 0 bridgehead atoms. The fourth-order valence-electron chi connectivity index (χ4n) is 1.42. The van der Waals surface area contributed by atoms with Gasteiger partial charge in [0, 0.05) is 18.8 Å². The van der Waals surface area contributed by atoms with Gasteiger partial charge in [-0.1, -0.05) is 6.92 Å². The lowest BCUT2D eigenvalue weighted by Gasteiger charge is -2.05. The minimum atomic E-state index is -4.46. The quantitative estimate of drug-likeness (QED) is 0.928. The first-order chi connectivity index (χ1) is 9.00. The van der Waals surface area contributed by atoms with Crippen molar-refractivity contribution in [3.8, 4) is 5.82 Å². The molecule has 0 spiro atoms. The van der Waals surface area contributed by atoms with Crippen molar-refractivity contribution in [3.63, 3.8) is 0 Å². The lowest BCUT2D eigenvalue weighted by Crippen LogP contribution is -2.08. The number of rotatable bonds is 4. The molecule has 0 radical (unpaired) electrons. The van der Waals surface area contributed by atoms with Crippen LogP contribution in [-0.4, -0.2) is 26.3 Å². The van der Waals surface area contributed by atoms with Gasteiger partial charge in [0.25, 0.3) is 0 Å². The second-order valence-corrected chi connectivity index (χ2v) is 3.83. The van der Waals surface area contributed by atoms with Crippen LogP contribution in [0.4, 0.5) is 19.0 Å². The van der Waals surface area contributed by atoms with E-state index in [2.05, 4.69) is 20.4 Å². The number of nitrogens with zero attached hydrogens (tertiary/aromatic N) is 4. The van der Waals surface area contributed by atoms with E-state index in [0.717, 1.165) is 23.7 Å². The van der Waals surface area contributed by atoms with Crippen molar-refractivity contribution < 1.29 is 13.2 Å². The summed E-state index contributed by atoms with van der Waals surface area (Å²) in [5.41, 5.74) is -0.950. The number of halogens is 3. The molecule has 5 nitrogen and oxygen atoms in total. The smallest absolute Gasteiger partial charge is 0.370 e. The third-order valence-corrected chi connectivity index (χ3v) is 2.32. The third-order valence-electron chi connectivity index (χ3n) is 2.32. The van der Waals surface area contributed by atoms with Crippen LogP contribution < -0.4 is 5.32 Å². The standard InChI is InChI=1S/C11H12F3N5/c1-2-4-15-9-6-10(17-7-16-9)19-5-3-8(18-19)11(12,13)14/h3,5-7H,2,4H2,1H3,(H,15,16,17). The van der Waals surface area contributed by atoms with E-state index in [1.165, 1.54) is 12.5 Å². The zero-order chi connectivity index (χ0) is 13.9. The maximum atomic E-state index is 12.4. The number of aromatic nitrogens is 4. The van der Waals surface area contributed by atoms with Crippen molar-refractivity contribution in [2.45, 2.75) is 19.5 Å². The molecular weight excluding hydrogens is 259 g/mol. The molecule has 0 unspecified atom stereocenters. The molecule has 8 heteroatoms. The minimum Gasteiger partial charge on any atom is -0.370 e. The molecule has 0 aliphatic rings. The van der Waals surface area contributed by atoms with Crippen LogP contribution in [0.2, 0.25) is 0 Å². The van der Waals surface area contributed by atoms with E-state index in [4.69, 9.17) is 0 Å². The van der Waals surface area contributed by atoms with Gasteiger partial charge < -0.3 is 5.32 Å². The first kappa shape index (κ1) is 13.3. The summed E-state index contributed by atoms with van der Waals surface area (Å²) in [5.74, 6) is 0.833. The third kappa shape index (κ3) is 3.21. The highest BCUT2D eigenvalue weighted by Crippen LogP contribution is 2.27. The Labute approximate surface area is 107 Å². The average Bonchev–Trinajstić information content (AvgIpc) is 2.86. The Kier molecular flexibility index (Phi) is 3.68. The number of hydrogen-bond donors (Lipinski definition) is 1. The van der Waals surface area contributed by atoms with Crippen LogP contribution in [0.1, 0.15) is 19.0 Å². The SMILES string of the molecule is CCCNc1cc(-n2ccc(C(F)(F)F)n2)ncn1. The van der Waals surface area contributed by atoms with Crippen LogP contribution in [0.25, 0.3) is 5.82 Å². The van der Waals surface area contributed by atoms with Crippen LogP contribution >= 0.6 is 0 Å². The Balaban J connectivity index is 2.24. The topological polar surface area (TPSA) is 55.6 Å². The Bertz CT molecular complexity index is 549. The highest BCUT2D eigenvalue weighted by molar-refractivity contribution is 5.40. The summed E-state index contributed by atoms with van der Waals surface area (Å²) in [6, 6.07) is 2.45. The molecule has 0 amide bonds. The molecule has 2 heterocycles. The number of anilines is 1. The van der Waals surface area contributed by atoms with Gasteiger partial charge in [-0.05, 0) is 12.5 Å². The van der Waals surface area contributed by atoms with E-state index in [1.807, 2.05) is 6.92 Å². The molecule has 19 heavy (non-hydrogen) atoms. The summed E-state index contributed by atoms with van der Waals surface area (Å²) in [7, 11) is 0. The molecule has 1 N–H and O–H groups in total. The zero-order valence-corrected chi connectivity index (χ0v) is 10.1. The summed E-state index contributed by atoms with van der Waals surface area (Å²) in [4.78, 5) is 7.87. The van der Waals surface area contributed by atoms with E-state index in [9.17, 15) is 13.2 Å². The highest BCUT2D eigenvalue weighted by atomic mass is 19.4. The lowest BCUT2D eigenvalue weighted by molar-refractivity contribution is -0.141.